The molecule has 0 bridgehead atoms. The van der Waals surface area contributed by atoms with Crippen molar-refractivity contribution in [2.75, 3.05) is 13.2 Å². The number of ether oxygens (including phenoxy) is 1. The maximum atomic E-state index is 11.2. The number of unbranched alkanes of at least 4 members (excludes halogenated alkanes) is 1. The minimum Gasteiger partial charge on any atom is -0.459 e. The van der Waals surface area contributed by atoms with Crippen molar-refractivity contribution < 1.29 is 14.3 Å². The van der Waals surface area contributed by atoms with Crippen LogP contribution in [0, 0.1) is 5.92 Å². The third-order valence-electron chi connectivity index (χ3n) is 2.56. The quantitative estimate of drug-likeness (QED) is 0.535. The van der Waals surface area contributed by atoms with Crippen molar-refractivity contribution in [2.24, 2.45) is 5.92 Å². The fourth-order valence-corrected chi connectivity index (χ4v) is 1.45. The van der Waals surface area contributed by atoms with Crippen molar-refractivity contribution in [1.82, 2.24) is 5.32 Å². The first-order valence-electron chi connectivity index (χ1n) is 6.10. The van der Waals surface area contributed by atoms with Crippen LogP contribution in [-0.4, -0.2) is 25.0 Å². The molecule has 0 unspecified atom stereocenters. The van der Waals surface area contributed by atoms with Crippen LogP contribution in [0.5, 0.6) is 0 Å². The molecule has 1 N–H and O–H groups in total. The Kier molecular flexibility index (Phi) is 8.58. The van der Waals surface area contributed by atoms with E-state index in [1.807, 2.05) is 0 Å². The summed E-state index contributed by atoms with van der Waals surface area (Å²) < 4.78 is 4.60. The Bertz CT molecular complexity index is 216. The molecule has 94 valence electrons. The molecule has 0 saturated heterocycles. The van der Waals surface area contributed by atoms with Gasteiger partial charge in [0.25, 0.3) is 0 Å². The van der Waals surface area contributed by atoms with Crippen LogP contribution < -0.4 is 5.32 Å². The number of carbonyl (C=O) groups is 2. The smallest absolute Gasteiger partial charge is 0.396 e. The van der Waals surface area contributed by atoms with E-state index in [-0.39, 0.29) is 6.61 Å². The first-order chi connectivity index (χ1) is 7.65. The summed E-state index contributed by atoms with van der Waals surface area (Å²) in [6.07, 6.45) is 4.43. The lowest BCUT2D eigenvalue weighted by atomic mass is 9.99. The van der Waals surface area contributed by atoms with Gasteiger partial charge < -0.3 is 10.1 Å². The molecule has 0 radical (unpaired) electrons. The SMILES string of the molecule is CCCC[C@@H](CC)CNC(=O)C(=O)OCC. The van der Waals surface area contributed by atoms with E-state index in [1.54, 1.807) is 6.92 Å². The van der Waals surface area contributed by atoms with E-state index < -0.39 is 11.9 Å². The maximum Gasteiger partial charge on any atom is 0.396 e. The summed E-state index contributed by atoms with van der Waals surface area (Å²) in [6, 6.07) is 0. The molecule has 0 fully saturated rings. The molecule has 0 aliphatic carbocycles. The van der Waals surface area contributed by atoms with Gasteiger partial charge >= 0.3 is 11.9 Å². The largest absolute Gasteiger partial charge is 0.459 e. The highest BCUT2D eigenvalue weighted by Crippen LogP contribution is 2.10. The van der Waals surface area contributed by atoms with Crippen LogP contribution >= 0.6 is 0 Å². The van der Waals surface area contributed by atoms with Crippen LogP contribution in [0.15, 0.2) is 0 Å². The maximum absolute atomic E-state index is 11.2. The van der Waals surface area contributed by atoms with Gasteiger partial charge in [0, 0.05) is 6.54 Å². The Morgan fingerprint density at radius 1 is 1.25 bits per heavy atom. The Balaban J connectivity index is 3.82. The molecule has 1 atom stereocenters. The highest BCUT2D eigenvalue weighted by molar-refractivity contribution is 6.32. The second-order valence-electron chi connectivity index (χ2n) is 3.85. The summed E-state index contributed by atoms with van der Waals surface area (Å²) in [6.45, 7) is 6.72. The van der Waals surface area contributed by atoms with E-state index in [9.17, 15) is 9.59 Å². The average Bonchev–Trinajstić information content (AvgIpc) is 2.29. The Morgan fingerprint density at radius 3 is 2.44 bits per heavy atom. The normalized spacial score (nSPS) is 11.9. The summed E-state index contributed by atoms with van der Waals surface area (Å²) in [5.41, 5.74) is 0. The molecule has 16 heavy (non-hydrogen) atoms. The Morgan fingerprint density at radius 2 is 1.94 bits per heavy atom. The molecule has 0 aromatic carbocycles. The molecule has 0 spiro atoms. The monoisotopic (exact) mass is 229 g/mol. The summed E-state index contributed by atoms with van der Waals surface area (Å²) in [7, 11) is 0. The second-order valence-corrected chi connectivity index (χ2v) is 3.85. The predicted octanol–water partition coefficient (Wildman–Crippen LogP) is 1.88. The lowest BCUT2D eigenvalue weighted by Crippen LogP contribution is -2.35. The van der Waals surface area contributed by atoms with Gasteiger partial charge in [0.1, 0.15) is 0 Å². The van der Waals surface area contributed by atoms with Crippen molar-refractivity contribution in [2.45, 2.75) is 46.5 Å². The van der Waals surface area contributed by atoms with E-state index in [2.05, 4.69) is 23.9 Å². The third kappa shape index (κ3) is 6.43. The van der Waals surface area contributed by atoms with E-state index in [0.717, 1.165) is 25.7 Å². The molecular weight excluding hydrogens is 206 g/mol. The molecule has 0 rings (SSSR count). The summed E-state index contributed by atoms with van der Waals surface area (Å²) in [5.74, 6) is -0.956. The first-order valence-corrected chi connectivity index (χ1v) is 6.10. The molecule has 0 aromatic heterocycles. The van der Waals surface area contributed by atoms with Gasteiger partial charge in [-0.15, -0.1) is 0 Å². The van der Waals surface area contributed by atoms with Gasteiger partial charge in [0.2, 0.25) is 0 Å². The molecule has 0 aromatic rings. The first kappa shape index (κ1) is 14.9. The number of nitrogens with one attached hydrogen (secondary N) is 1. The minimum absolute atomic E-state index is 0.235. The fourth-order valence-electron chi connectivity index (χ4n) is 1.45. The molecule has 1 amide bonds. The molecule has 0 aliphatic heterocycles. The summed E-state index contributed by atoms with van der Waals surface area (Å²) in [4.78, 5) is 22.3. The zero-order chi connectivity index (χ0) is 12.4. The van der Waals surface area contributed by atoms with Gasteiger partial charge in [-0.2, -0.15) is 0 Å². The van der Waals surface area contributed by atoms with Crippen molar-refractivity contribution >= 4 is 11.9 Å². The Hall–Kier alpha value is -1.06. The van der Waals surface area contributed by atoms with Gasteiger partial charge in [-0.25, -0.2) is 4.79 Å². The number of esters is 1. The van der Waals surface area contributed by atoms with Crippen LogP contribution in [-0.2, 0) is 14.3 Å². The van der Waals surface area contributed by atoms with Crippen LogP contribution in [0.3, 0.4) is 0 Å². The third-order valence-corrected chi connectivity index (χ3v) is 2.56. The topological polar surface area (TPSA) is 55.4 Å². The fraction of sp³-hybridized carbons (Fsp3) is 0.833. The Labute approximate surface area is 97.7 Å². The van der Waals surface area contributed by atoms with Crippen molar-refractivity contribution in [3.8, 4) is 0 Å². The summed E-state index contributed by atoms with van der Waals surface area (Å²) in [5, 5.41) is 2.61. The number of amides is 1. The number of carbonyl (C=O) groups excluding carboxylic acids is 2. The lowest BCUT2D eigenvalue weighted by Gasteiger charge is -2.14. The lowest BCUT2D eigenvalue weighted by molar-refractivity contribution is -0.154. The van der Waals surface area contributed by atoms with E-state index in [0.29, 0.717) is 12.5 Å². The van der Waals surface area contributed by atoms with Crippen LogP contribution in [0.25, 0.3) is 0 Å². The number of hydrogen-bond donors (Lipinski definition) is 1. The van der Waals surface area contributed by atoms with Gasteiger partial charge in [-0.3, -0.25) is 4.79 Å². The number of rotatable bonds is 7. The van der Waals surface area contributed by atoms with Crippen molar-refractivity contribution in [1.29, 1.82) is 0 Å². The van der Waals surface area contributed by atoms with E-state index in [1.165, 1.54) is 0 Å². The summed E-state index contributed by atoms with van der Waals surface area (Å²) >= 11 is 0. The molecule has 0 heterocycles. The molecule has 4 heteroatoms. The predicted molar refractivity (Wildman–Crippen MR) is 62.9 cm³/mol. The zero-order valence-electron chi connectivity index (χ0n) is 10.5. The van der Waals surface area contributed by atoms with Crippen LogP contribution in [0.4, 0.5) is 0 Å². The second kappa shape index (κ2) is 9.19. The van der Waals surface area contributed by atoms with Crippen LogP contribution in [0.2, 0.25) is 0 Å². The standard InChI is InChI=1S/C12H23NO3/c1-4-7-8-10(5-2)9-13-11(14)12(15)16-6-3/h10H,4-9H2,1-3H3,(H,13,14)/t10-/m1/s1. The zero-order valence-corrected chi connectivity index (χ0v) is 10.5. The minimum atomic E-state index is -0.784. The molecule has 0 aliphatic rings. The highest BCUT2D eigenvalue weighted by Gasteiger charge is 2.15. The average molecular weight is 229 g/mol. The van der Waals surface area contributed by atoms with Gasteiger partial charge in [0.15, 0.2) is 0 Å². The van der Waals surface area contributed by atoms with Crippen LogP contribution in [0.1, 0.15) is 46.5 Å². The van der Waals surface area contributed by atoms with E-state index >= 15 is 0 Å². The molecular formula is C12H23NO3. The van der Waals surface area contributed by atoms with E-state index in [4.69, 9.17) is 0 Å². The van der Waals surface area contributed by atoms with Crippen molar-refractivity contribution in [3.63, 3.8) is 0 Å². The number of hydrogen-bond acceptors (Lipinski definition) is 3. The van der Waals surface area contributed by atoms with Gasteiger partial charge in [-0.05, 0) is 19.3 Å². The van der Waals surface area contributed by atoms with Gasteiger partial charge in [0.05, 0.1) is 6.61 Å². The van der Waals surface area contributed by atoms with Crippen molar-refractivity contribution in [3.05, 3.63) is 0 Å². The molecule has 4 nitrogen and oxygen atoms in total. The molecule has 0 saturated carbocycles. The van der Waals surface area contributed by atoms with Gasteiger partial charge in [-0.1, -0.05) is 33.1 Å². The highest BCUT2D eigenvalue weighted by atomic mass is 16.5.